The van der Waals surface area contributed by atoms with E-state index < -0.39 is 6.29 Å². The van der Waals surface area contributed by atoms with Crippen LogP contribution in [0.2, 0.25) is 0 Å². The topological polar surface area (TPSA) is 93.2 Å². The quantitative estimate of drug-likeness (QED) is 0.736. The van der Waals surface area contributed by atoms with Gasteiger partial charge in [0.2, 0.25) is 0 Å². The number of hydrogen-bond acceptors (Lipinski definition) is 9. The van der Waals surface area contributed by atoms with E-state index in [1.54, 1.807) is 6.20 Å². The van der Waals surface area contributed by atoms with Gasteiger partial charge < -0.3 is 33.7 Å². The van der Waals surface area contributed by atoms with Crippen molar-refractivity contribution < 1.29 is 28.4 Å². The second-order valence-electron chi connectivity index (χ2n) is 8.05. The zero-order valence-electron chi connectivity index (χ0n) is 18.0. The Hall–Kier alpha value is -2.66. The van der Waals surface area contributed by atoms with Gasteiger partial charge in [-0.2, -0.15) is 0 Å². The second-order valence-corrected chi connectivity index (χ2v) is 8.05. The van der Waals surface area contributed by atoms with Crippen molar-refractivity contribution in [3.05, 3.63) is 71.2 Å². The number of rotatable bonds is 5. The zero-order valence-corrected chi connectivity index (χ0v) is 18.0. The van der Waals surface area contributed by atoms with Crippen LogP contribution in [-0.2, 0) is 28.4 Å². The molecule has 0 radical (unpaired) electrons. The largest absolute Gasteiger partial charge is 0.379 e. The number of aromatic nitrogens is 2. The molecule has 6 rings (SSSR count). The first-order valence-corrected chi connectivity index (χ1v) is 11.2. The Kier molecular flexibility index (Phi) is 5.89. The maximum atomic E-state index is 5.78. The van der Waals surface area contributed by atoms with Crippen LogP contribution in [0, 0.1) is 0 Å². The molecule has 33 heavy (non-hydrogen) atoms. The van der Waals surface area contributed by atoms with Gasteiger partial charge in [-0.1, -0.05) is 0 Å². The van der Waals surface area contributed by atoms with Gasteiger partial charge in [0.15, 0.2) is 18.9 Å². The molecule has 4 aliphatic heterocycles. The van der Waals surface area contributed by atoms with Gasteiger partial charge in [-0.25, -0.2) is 4.98 Å². The third-order valence-electron chi connectivity index (χ3n) is 5.83. The highest BCUT2D eigenvalue weighted by Gasteiger charge is 2.26. The molecule has 1 atom stereocenters. The third kappa shape index (κ3) is 4.43. The Labute approximate surface area is 191 Å². The summed E-state index contributed by atoms with van der Waals surface area (Å²) in [5.74, 6) is 0. The minimum Gasteiger partial charge on any atom is -0.379 e. The molecule has 2 aromatic rings. The number of dihydropyridines is 1. The lowest BCUT2D eigenvalue weighted by Gasteiger charge is -2.22. The van der Waals surface area contributed by atoms with Gasteiger partial charge in [0, 0.05) is 22.9 Å². The number of ether oxygens (including phenoxy) is 6. The van der Waals surface area contributed by atoms with Gasteiger partial charge in [0.25, 0.3) is 0 Å². The van der Waals surface area contributed by atoms with Crippen molar-refractivity contribution in [2.24, 2.45) is 0 Å². The number of hydrogen-bond donors (Lipinski definition) is 1. The van der Waals surface area contributed by atoms with Gasteiger partial charge in [-0.3, -0.25) is 4.98 Å². The first-order chi connectivity index (χ1) is 16.3. The predicted octanol–water partition coefficient (Wildman–Crippen LogP) is 2.69. The van der Waals surface area contributed by atoms with Crippen molar-refractivity contribution in [1.29, 1.82) is 0 Å². The van der Waals surface area contributed by atoms with Crippen LogP contribution >= 0.6 is 0 Å². The molecule has 0 aromatic carbocycles. The number of nitrogens with one attached hydrogen (secondary N) is 1. The maximum Gasteiger partial charge on any atom is 0.184 e. The molecule has 3 saturated heterocycles. The average Bonchev–Trinajstić information content (AvgIpc) is 3.67. The highest BCUT2D eigenvalue weighted by molar-refractivity contribution is 5.57. The van der Waals surface area contributed by atoms with Crippen LogP contribution in [0.1, 0.15) is 35.4 Å². The molecule has 0 spiro atoms. The van der Waals surface area contributed by atoms with E-state index >= 15 is 0 Å². The Morgan fingerprint density at radius 3 is 2.09 bits per heavy atom. The summed E-state index contributed by atoms with van der Waals surface area (Å²) in [4.78, 5) is 9.52. The van der Waals surface area contributed by atoms with Crippen molar-refractivity contribution in [3.63, 3.8) is 0 Å². The van der Waals surface area contributed by atoms with Crippen LogP contribution in [0.4, 0.5) is 0 Å². The molecule has 1 N–H and O–H groups in total. The zero-order chi connectivity index (χ0) is 22.0. The van der Waals surface area contributed by atoms with E-state index in [1.165, 1.54) is 0 Å². The Bertz CT molecular complexity index is 1060. The van der Waals surface area contributed by atoms with E-state index in [-0.39, 0.29) is 18.6 Å². The second kappa shape index (κ2) is 9.30. The van der Waals surface area contributed by atoms with Crippen LogP contribution in [0.3, 0.4) is 0 Å². The highest BCUT2D eigenvalue weighted by Crippen LogP contribution is 2.32. The van der Waals surface area contributed by atoms with E-state index in [4.69, 9.17) is 33.4 Å². The van der Waals surface area contributed by atoms with E-state index in [2.05, 4.69) is 16.4 Å². The summed E-state index contributed by atoms with van der Waals surface area (Å²) in [7, 11) is 0. The average molecular weight is 451 g/mol. The van der Waals surface area contributed by atoms with Crippen molar-refractivity contribution in [2.75, 3.05) is 39.6 Å². The van der Waals surface area contributed by atoms with E-state index in [1.807, 2.05) is 36.5 Å². The highest BCUT2D eigenvalue weighted by atomic mass is 16.7. The van der Waals surface area contributed by atoms with Crippen LogP contribution in [0.15, 0.2) is 54.4 Å². The molecular weight excluding hydrogens is 426 g/mol. The molecule has 0 bridgehead atoms. The molecule has 3 fully saturated rings. The fourth-order valence-electron chi connectivity index (χ4n) is 4.26. The standard InChI is InChI=1S/C24H25N3O6/c1-3-25-18(11-15(1)22-28-5-6-29-22)20-13-17(24-32-9-10-33-24)14-21(27-20)19-12-16(2-4-26-19)23-30-7-8-31-23/h1-4,11-14,18,22-25H,5-10H2. The molecule has 0 saturated carbocycles. The van der Waals surface area contributed by atoms with E-state index in [0.717, 1.165) is 33.8 Å². The Balaban J connectivity index is 1.37. The summed E-state index contributed by atoms with van der Waals surface area (Å²) >= 11 is 0. The SMILES string of the molecule is C1=CC(C2OCCO2)=CC(c2cc(C3OCCO3)cc(-c3cc(C4OCCO4)ccn3)n2)N1. The molecule has 4 aliphatic rings. The summed E-state index contributed by atoms with van der Waals surface area (Å²) in [5.41, 5.74) is 5.05. The van der Waals surface area contributed by atoms with Crippen molar-refractivity contribution in [1.82, 2.24) is 15.3 Å². The number of pyridine rings is 2. The van der Waals surface area contributed by atoms with Crippen molar-refractivity contribution in [3.8, 4) is 11.4 Å². The Morgan fingerprint density at radius 2 is 1.36 bits per heavy atom. The molecule has 0 aliphatic carbocycles. The smallest absolute Gasteiger partial charge is 0.184 e. The minimum absolute atomic E-state index is 0.164. The summed E-state index contributed by atoms with van der Waals surface area (Å²) in [6.07, 6.45) is 6.53. The molecule has 2 aromatic heterocycles. The minimum atomic E-state index is -0.431. The predicted molar refractivity (Wildman–Crippen MR) is 116 cm³/mol. The lowest BCUT2D eigenvalue weighted by atomic mass is 10.0. The van der Waals surface area contributed by atoms with Crippen LogP contribution in [-0.4, -0.2) is 55.9 Å². The van der Waals surface area contributed by atoms with Crippen molar-refractivity contribution in [2.45, 2.75) is 24.9 Å². The van der Waals surface area contributed by atoms with Crippen LogP contribution in [0.5, 0.6) is 0 Å². The normalized spacial score (nSPS) is 24.4. The molecule has 9 heteroatoms. The van der Waals surface area contributed by atoms with Gasteiger partial charge in [-0.15, -0.1) is 0 Å². The fraction of sp³-hybridized carbons (Fsp3) is 0.417. The lowest BCUT2D eigenvalue weighted by molar-refractivity contribution is -0.0444. The van der Waals surface area contributed by atoms with Gasteiger partial charge in [-0.05, 0) is 42.6 Å². The van der Waals surface area contributed by atoms with Gasteiger partial charge >= 0.3 is 0 Å². The molecule has 9 nitrogen and oxygen atoms in total. The number of nitrogens with zero attached hydrogens (tertiary/aromatic N) is 2. The summed E-state index contributed by atoms with van der Waals surface area (Å²) in [6, 6.07) is 7.67. The maximum absolute atomic E-state index is 5.78. The summed E-state index contributed by atoms with van der Waals surface area (Å²) in [6.45, 7) is 3.48. The molecule has 1 unspecified atom stereocenters. The van der Waals surface area contributed by atoms with Gasteiger partial charge in [0.1, 0.15) is 0 Å². The first-order valence-electron chi connectivity index (χ1n) is 11.2. The fourth-order valence-corrected chi connectivity index (χ4v) is 4.26. The third-order valence-corrected chi connectivity index (χ3v) is 5.83. The van der Waals surface area contributed by atoms with Crippen LogP contribution < -0.4 is 5.32 Å². The monoisotopic (exact) mass is 451 g/mol. The summed E-state index contributed by atoms with van der Waals surface area (Å²) in [5, 5.41) is 3.37. The van der Waals surface area contributed by atoms with Gasteiger partial charge in [0.05, 0.1) is 62.8 Å². The molecule has 172 valence electrons. The lowest BCUT2D eigenvalue weighted by Crippen LogP contribution is -2.22. The first kappa shape index (κ1) is 20.9. The molecule has 0 amide bonds. The van der Waals surface area contributed by atoms with Crippen LogP contribution in [0.25, 0.3) is 11.4 Å². The molecule has 6 heterocycles. The van der Waals surface area contributed by atoms with E-state index in [9.17, 15) is 0 Å². The molecular formula is C24H25N3O6. The van der Waals surface area contributed by atoms with Crippen molar-refractivity contribution >= 4 is 0 Å². The van der Waals surface area contributed by atoms with E-state index in [0.29, 0.717) is 39.6 Å². The summed E-state index contributed by atoms with van der Waals surface area (Å²) < 4.78 is 34.2. The Morgan fingerprint density at radius 1 is 0.727 bits per heavy atom.